The molecular weight excluding hydrogens is 262 g/mol. The standard InChI is InChI=1S/C18H31NO2/c1-14(2)13-21-17-8-6-16(7-9-17)18(15(3)4)12-19-10-11-20-5/h6-9,14-15,18-19H,10-13H2,1-5H3. The third-order valence-corrected chi connectivity index (χ3v) is 3.54. The summed E-state index contributed by atoms with van der Waals surface area (Å²) in [7, 11) is 1.73. The Labute approximate surface area is 130 Å². The third-order valence-electron chi connectivity index (χ3n) is 3.54. The van der Waals surface area contributed by atoms with Crippen molar-refractivity contribution in [1.82, 2.24) is 5.32 Å². The summed E-state index contributed by atoms with van der Waals surface area (Å²) in [5.41, 5.74) is 1.37. The molecule has 0 aliphatic rings. The van der Waals surface area contributed by atoms with Gasteiger partial charge in [-0.3, -0.25) is 0 Å². The molecule has 0 fully saturated rings. The second-order valence-electron chi connectivity index (χ2n) is 6.32. The van der Waals surface area contributed by atoms with Crippen LogP contribution < -0.4 is 10.1 Å². The molecular formula is C18H31NO2. The summed E-state index contributed by atoms with van der Waals surface area (Å²) in [6.45, 7) is 12.3. The van der Waals surface area contributed by atoms with E-state index in [0.717, 1.165) is 32.1 Å². The number of ether oxygens (including phenoxy) is 2. The molecule has 3 nitrogen and oxygen atoms in total. The second kappa shape index (κ2) is 9.80. The van der Waals surface area contributed by atoms with E-state index in [1.54, 1.807) is 7.11 Å². The first kappa shape index (κ1) is 18.0. The minimum atomic E-state index is 0.515. The first-order valence-corrected chi connectivity index (χ1v) is 7.97. The van der Waals surface area contributed by atoms with Crippen LogP contribution in [0.5, 0.6) is 5.75 Å². The zero-order chi connectivity index (χ0) is 15.7. The molecule has 0 bridgehead atoms. The molecule has 0 radical (unpaired) electrons. The minimum Gasteiger partial charge on any atom is -0.493 e. The van der Waals surface area contributed by atoms with Crippen LogP contribution in [-0.4, -0.2) is 33.4 Å². The fourth-order valence-electron chi connectivity index (χ4n) is 2.24. The molecule has 0 aromatic heterocycles. The average Bonchev–Trinajstić information content (AvgIpc) is 2.45. The van der Waals surface area contributed by atoms with E-state index >= 15 is 0 Å². The van der Waals surface area contributed by atoms with Crippen LogP contribution in [0.3, 0.4) is 0 Å². The molecule has 0 amide bonds. The van der Waals surface area contributed by atoms with Crippen LogP contribution in [0.15, 0.2) is 24.3 Å². The van der Waals surface area contributed by atoms with Gasteiger partial charge in [0.25, 0.3) is 0 Å². The summed E-state index contributed by atoms with van der Waals surface area (Å²) >= 11 is 0. The van der Waals surface area contributed by atoms with E-state index in [-0.39, 0.29) is 0 Å². The van der Waals surface area contributed by atoms with Gasteiger partial charge in [0.05, 0.1) is 13.2 Å². The van der Waals surface area contributed by atoms with Gasteiger partial charge in [-0.1, -0.05) is 39.8 Å². The molecule has 0 spiro atoms. The lowest BCUT2D eigenvalue weighted by atomic mass is 9.88. The summed E-state index contributed by atoms with van der Waals surface area (Å²) in [6, 6.07) is 8.56. The molecule has 1 aromatic carbocycles. The highest BCUT2D eigenvalue weighted by atomic mass is 16.5. The smallest absolute Gasteiger partial charge is 0.119 e. The van der Waals surface area contributed by atoms with Crippen LogP contribution in [0.1, 0.15) is 39.2 Å². The molecule has 0 aliphatic heterocycles. The zero-order valence-electron chi connectivity index (χ0n) is 14.2. The van der Waals surface area contributed by atoms with Gasteiger partial charge in [0.15, 0.2) is 0 Å². The topological polar surface area (TPSA) is 30.5 Å². The van der Waals surface area contributed by atoms with Crippen LogP contribution in [0.4, 0.5) is 0 Å². The summed E-state index contributed by atoms with van der Waals surface area (Å²) in [5.74, 6) is 2.63. The van der Waals surface area contributed by atoms with Crippen LogP contribution in [-0.2, 0) is 4.74 Å². The highest BCUT2D eigenvalue weighted by Gasteiger charge is 2.15. The SMILES string of the molecule is COCCNCC(c1ccc(OCC(C)C)cc1)C(C)C. The highest BCUT2D eigenvalue weighted by molar-refractivity contribution is 5.30. The molecule has 0 heterocycles. The van der Waals surface area contributed by atoms with Gasteiger partial charge >= 0.3 is 0 Å². The van der Waals surface area contributed by atoms with E-state index in [0.29, 0.717) is 17.8 Å². The summed E-state index contributed by atoms with van der Waals surface area (Å²) < 4.78 is 10.8. The van der Waals surface area contributed by atoms with E-state index in [4.69, 9.17) is 9.47 Å². The Kier molecular flexibility index (Phi) is 8.40. The molecule has 1 N–H and O–H groups in total. The van der Waals surface area contributed by atoms with Crippen molar-refractivity contribution in [3.05, 3.63) is 29.8 Å². The maximum absolute atomic E-state index is 5.74. The first-order chi connectivity index (χ1) is 10.0. The highest BCUT2D eigenvalue weighted by Crippen LogP contribution is 2.25. The molecule has 3 heteroatoms. The van der Waals surface area contributed by atoms with Gasteiger partial charge in [-0.25, -0.2) is 0 Å². The predicted molar refractivity (Wildman–Crippen MR) is 89.1 cm³/mol. The van der Waals surface area contributed by atoms with Gasteiger partial charge in [-0.05, 0) is 35.4 Å². The van der Waals surface area contributed by atoms with Crippen LogP contribution in [0.25, 0.3) is 0 Å². The second-order valence-corrected chi connectivity index (χ2v) is 6.32. The molecule has 0 saturated carbocycles. The summed E-state index contributed by atoms with van der Waals surface area (Å²) in [5, 5.41) is 3.46. The van der Waals surface area contributed by atoms with E-state index in [2.05, 4.69) is 57.3 Å². The Morgan fingerprint density at radius 2 is 1.71 bits per heavy atom. The Hall–Kier alpha value is -1.06. The van der Waals surface area contributed by atoms with Crippen LogP contribution in [0, 0.1) is 11.8 Å². The van der Waals surface area contributed by atoms with E-state index in [1.807, 2.05) is 0 Å². The Morgan fingerprint density at radius 1 is 1.05 bits per heavy atom. The largest absolute Gasteiger partial charge is 0.493 e. The van der Waals surface area contributed by atoms with Crippen molar-refractivity contribution >= 4 is 0 Å². The normalized spacial score (nSPS) is 12.9. The quantitative estimate of drug-likeness (QED) is 0.667. The summed E-state index contributed by atoms with van der Waals surface area (Å²) in [6.07, 6.45) is 0. The Morgan fingerprint density at radius 3 is 2.24 bits per heavy atom. The van der Waals surface area contributed by atoms with Gasteiger partial charge in [-0.2, -0.15) is 0 Å². The Balaban J connectivity index is 2.57. The maximum atomic E-state index is 5.74. The van der Waals surface area contributed by atoms with Crippen molar-refractivity contribution in [2.45, 2.75) is 33.6 Å². The molecule has 1 unspecified atom stereocenters. The van der Waals surface area contributed by atoms with E-state index in [9.17, 15) is 0 Å². The summed E-state index contributed by atoms with van der Waals surface area (Å²) in [4.78, 5) is 0. The maximum Gasteiger partial charge on any atom is 0.119 e. The molecule has 120 valence electrons. The molecule has 1 rings (SSSR count). The lowest BCUT2D eigenvalue weighted by Gasteiger charge is -2.22. The van der Waals surface area contributed by atoms with Crippen molar-refractivity contribution in [2.24, 2.45) is 11.8 Å². The number of benzene rings is 1. The van der Waals surface area contributed by atoms with Gasteiger partial charge in [0.2, 0.25) is 0 Å². The molecule has 21 heavy (non-hydrogen) atoms. The Bertz CT molecular complexity index is 373. The molecule has 1 aromatic rings. The van der Waals surface area contributed by atoms with Gasteiger partial charge in [0, 0.05) is 20.2 Å². The van der Waals surface area contributed by atoms with Crippen LogP contribution >= 0.6 is 0 Å². The molecule has 1 atom stereocenters. The number of hydrogen-bond donors (Lipinski definition) is 1. The number of methoxy groups -OCH3 is 1. The predicted octanol–water partition coefficient (Wildman–Crippen LogP) is 3.70. The molecule has 0 aliphatic carbocycles. The molecule has 0 saturated heterocycles. The number of rotatable bonds is 10. The van der Waals surface area contributed by atoms with Gasteiger partial charge in [0.1, 0.15) is 5.75 Å². The minimum absolute atomic E-state index is 0.515. The lowest BCUT2D eigenvalue weighted by molar-refractivity contribution is 0.198. The van der Waals surface area contributed by atoms with Crippen molar-refractivity contribution in [3.8, 4) is 5.75 Å². The van der Waals surface area contributed by atoms with Crippen molar-refractivity contribution in [2.75, 3.05) is 33.4 Å². The van der Waals surface area contributed by atoms with Gasteiger partial charge < -0.3 is 14.8 Å². The number of hydrogen-bond acceptors (Lipinski definition) is 3. The van der Waals surface area contributed by atoms with Crippen molar-refractivity contribution < 1.29 is 9.47 Å². The fourth-order valence-corrected chi connectivity index (χ4v) is 2.24. The first-order valence-electron chi connectivity index (χ1n) is 7.97. The van der Waals surface area contributed by atoms with Gasteiger partial charge in [-0.15, -0.1) is 0 Å². The monoisotopic (exact) mass is 293 g/mol. The van der Waals surface area contributed by atoms with E-state index in [1.165, 1.54) is 5.56 Å². The third kappa shape index (κ3) is 6.96. The average molecular weight is 293 g/mol. The van der Waals surface area contributed by atoms with Crippen molar-refractivity contribution in [3.63, 3.8) is 0 Å². The number of nitrogens with one attached hydrogen (secondary N) is 1. The van der Waals surface area contributed by atoms with Crippen molar-refractivity contribution in [1.29, 1.82) is 0 Å². The zero-order valence-corrected chi connectivity index (χ0v) is 14.2. The lowest BCUT2D eigenvalue weighted by Crippen LogP contribution is -2.27. The fraction of sp³-hybridized carbons (Fsp3) is 0.667. The van der Waals surface area contributed by atoms with Crippen LogP contribution in [0.2, 0.25) is 0 Å². The van der Waals surface area contributed by atoms with E-state index < -0.39 is 0 Å².